The first-order chi connectivity index (χ1) is 16.2. The molecule has 2 aromatic carbocycles. The number of methoxy groups -OCH3 is 1. The number of carbonyl (C=O) groups is 1. The molecule has 0 spiro atoms. The lowest BCUT2D eigenvalue weighted by atomic mass is 10.1. The Morgan fingerprint density at radius 2 is 1.82 bits per heavy atom. The van der Waals surface area contributed by atoms with Crippen LogP contribution in [0.1, 0.15) is 19.4 Å². The van der Waals surface area contributed by atoms with Crippen molar-refractivity contribution in [1.82, 2.24) is 5.09 Å². The summed E-state index contributed by atoms with van der Waals surface area (Å²) in [6.07, 6.45) is 2.73. The van der Waals surface area contributed by atoms with Crippen LogP contribution in [0.25, 0.3) is 0 Å². The van der Waals surface area contributed by atoms with Crippen LogP contribution in [0.2, 0.25) is 5.02 Å². The molecule has 0 saturated heterocycles. The van der Waals surface area contributed by atoms with Gasteiger partial charge in [-0.3, -0.25) is 9.32 Å². The molecule has 2 N–H and O–H groups in total. The monoisotopic (exact) mass is 509 g/mol. The van der Waals surface area contributed by atoms with Crippen LogP contribution >= 0.6 is 19.3 Å². The highest BCUT2D eigenvalue weighted by atomic mass is 35.5. The number of rotatable bonds is 13. The molecule has 1 unspecified atom stereocenters. The van der Waals surface area contributed by atoms with Crippen molar-refractivity contribution in [3.63, 3.8) is 0 Å². The Kier molecular flexibility index (Phi) is 11.1. The van der Waals surface area contributed by atoms with Crippen LogP contribution in [-0.2, 0) is 29.8 Å². The summed E-state index contributed by atoms with van der Waals surface area (Å²) in [4.78, 5) is 12.9. The first-order valence-corrected chi connectivity index (χ1v) is 12.5. The molecule has 0 aliphatic heterocycles. The molecule has 2 rings (SSSR count). The summed E-state index contributed by atoms with van der Waals surface area (Å²) in [5.74, 6) is 1.68. The molecule has 184 valence electrons. The van der Waals surface area contributed by atoms with Crippen molar-refractivity contribution < 1.29 is 33.0 Å². The lowest BCUT2D eigenvalue weighted by Crippen LogP contribution is -2.41. The molecule has 34 heavy (non-hydrogen) atoms. The lowest BCUT2D eigenvalue weighted by Gasteiger charge is -2.27. The second-order valence-corrected chi connectivity index (χ2v) is 9.71. The number of aliphatic hydroxyl groups excluding tert-OH is 1. The topological polar surface area (TPSA) is 103 Å². The van der Waals surface area contributed by atoms with E-state index in [1.807, 2.05) is 30.3 Å². The number of hydrogen-bond acceptors (Lipinski definition) is 7. The van der Waals surface area contributed by atoms with Gasteiger partial charge in [0, 0.05) is 12.1 Å². The predicted molar refractivity (Wildman–Crippen MR) is 130 cm³/mol. The number of ether oxygens (including phenoxy) is 2. The van der Waals surface area contributed by atoms with E-state index >= 15 is 0 Å². The van der Waals surface area contributed by atoms with E-state index in [1.165, 1.54) is 19.2 Å². The minimum Gasteiger partial charge on any atom is -0.462 e. The summed E-state index contributed by atoms with van der Waals surface area (Å²) >= 11 is 5.92. The Balaban J connectivity index is 2.33. The number of esters is 1. The average Bonchev–Trinajstić information content (AvgIpc) is 2.80. The normalized spacial score (nSPS) is 15.6. The van der Waals surface area contributed by atoms with Gasteiger partial charge in [-0.25, -0.2) is 4.57 Å². The van der Waals surface area contributed by atoms with E-state index in [0.29, 0.717) is 5.02 Å². The van der Waals surface area contributed by atoms with Crippen molar-refractivity contribution in [3.8, 4) is 18.1 Å². The maximum atomic E-state index is 13.8. The zero-order chi connectivity index (χ0) is 25.1. The zero-order valence-corrected chi connectivity index (χ0v) is 20.9. The van der Waals surface area contributed by atoms with Gasteiger partial charge in [0.25, 0.3) is 0 Å². The molecule has 0 aliphatic carbocycles. The van der Waals surface area contributed by atoms with Gasteiger partial charge < -0.3 is 19.1 Å². The van der Waals surface area contributed by atoms with Crippen LogP contribution in [0.3, 0.4) is 0 Å². The van der Waals surface area contributed by atoms with E-state index in [0.717, 1.165) is 5.56 Å². The minimum atomic E-state index is -4.22. The van der Waals surface area contributed by atoms with Gasteiger partial charge in [-0.1, -0.05) is 47.9 Å². The van der Waals surface area contributed by atoms with Gasteiger partial charge in [-0.15, -0.1) is 6.42 Å². The number of nitrogens with one attached hydrogen (secondary N) is 1. The van der Waals surface area contributed by atoms with Gasteiger partial charge in [0.05, 0.1) is 12.7 Å². The number of carbonyl (C=O) groups excluding carboxylic acids is 1. The molecular formula is C24H29ClNO7P. The zero-order valence-electron chi connectivity index (χ0n) is 19.2. The van der Waals surface area contributed by atoms with E-state index in [1.54, 1.807) is 26.0 Å². The largest absolute Gasteiger partial charge is 0.462 e. The average molecular weight is 510 g/mol. The highest BCUT2D eigenvalue weighted by molar-refractivity contribution is 7.52. The molecule has 0 radical (unpaired) electrons. The van der Waals surface area contributed by atoms with Crippen molar-refractivity contribution in [2.45, 2.75) is 44.6 Å². The van der Waals surface area contributed by atoms with Gasteiger partial charge in [0.2, 0.25) is 0 Å². The smallest absolute Gasteiger partial charge is 0.459 e. The van der Waals surface area contributed by atoms with Crippen LogP contribution in [-0.4, -0.2) is 49.1 Å². The molecule has 0 saturated carbocycles. The predicted octanol–water partition coefficient (Wildman–Crippen LogP) is 4.01. The third-order valence-corrected chi connectivity index (χ3v) is 6.33. The van der Waals surface area contributed by atoms with Crippen LogP contribution < -0.4 is 9.61 Å². The molecule has 0 fully saturated rings. The Bertz CT molecular complexity index is 995. The van der Waals surface area contributed by atoms with Crippen LogP contribution in [0.4, 0.5) is 0 Å². The number of terminal acetylenes is 1. The highest BCUT2D eigenvalue weighted by Gasteiger charge is 2.36. The molecule has 0 amide bonds. The molecule has 0 bridgehead atoms. The Morgan fingerprint density at radius 3 is 2.38 bits per heavy atom. The van der Waals surface area contributed by atoms with Crippen molar-refractivity contribution >= 4 is 25.3 Å². The molecule has 8 nitrogen and oxygen atoms in total. The second-order valence-electron chi connectivity index (χ2n) is 7.58. The summed E-state index contributed by atoms with van der Waals surface area (Å²) in [7, 11) is -2.89. The van der Waals surface area contributed by atoms with Gasteiger partial charge in [0.15, 0.2) is 0 Å². The maximum Gasteiger partial charge on any atom is 0.459 e. The quantitative estimate of drug-likeness (QED) is 0.237. The highest BCUT2D eigenvalue weighted by Crippen LogP contribution is 2.45. The molecule has 0 aliphatic rings. The standard InChI is InChI=1S/C24H29ClNO7P/c1-5-22(27)23(30-4)16-31-34(29,33-20-13-11-19(25)12-14-20)26-21(24(28)32-17(2)3)15-18-9-7-6-8-10-18/h1,6-14,17,21-23,27H,15-16H2,2-4H3,(H,26,29)/t21-,22-,23+,34?/m0/s1. The summed E-state index contributed by atoms with van der Waals surface area (Å²) in [5.41, 5.74) is 0.802. The summed E-state index contributed by atoms with van der Waals surface area (Å²) in [5, 5.41) is 13.1. The number of aliphatic hydroxyl groups is 1. The Hall–Kier alpha value is -2.37. The molecule has 10 heteroatoms. The lowest BCUT2D eigenvalue weighted by molar-refractivity contribution is -0.149. The fourth-order valence-electron chi connectivity index (χ4n) is 2.83. The summed E-state index contributed by atoms with van der Waals surface area (Å²) in [6, 6.07) is 14.2. The van der Waals surface area contributed by atoms with Crippen LogP contribution in [0.15, 0.2) is 54.6 Å². The Labute approximate surface area is 205 Å². The summed E-state index contributed by atoms with van der Waals surface area (Å²) < 4.78 is 35.5. The third kappa shape index (κ3) is 9.11. The molecule has 2 aromatic rings. The van der Waals surface area contributed by atoms with Gasteiger partial charge >= 0.3 is 13.7 Å². The van der Waals surface area contributed by atoms with Crippen LogP contribution in [0.5, 0.6) is 5.75 Å². The van der Waals surface area contributed by atoms with E-state index in [-0.39, 0.29) is 18.8 Å². The first-order valence-electron chi connectivity index (χ1n) is 10.5. The first kappa shape index (κ1) is 27.9. The number of hydrogen-bond donors (Lipinski definition) is 2. The van der Waals surface area contributed by atoms with Crippen molar-refractivity contribution in [2.24, 2.45) is 0 Å². The van der Waals surface area contributed by atoms with Gasteiger partial charge in [-0.2, -0.15) is 5.09 Å². The van der Waals surface area contributed by atoms with Crippen molar-refractivity contribution in [1.29, 1.82) is 0 Å². The second kappa shape index (κ2) is 13.5. The van der Waals surface area contributed by atoms with Crippen LogP contribution in [0, 0.1) is 12.3 Å². The number of halogens is 1. The Morgan fingerprint density at radius 1 is 1.18 bits per heavy atom. The van der Waals surface area contributed by atoms with E-state index in [9.17, 15) is 14.5 Å². The summed E-state index contributed by atoms with van der Waals surface area (Å²) in [6.45, 7) is 3.04. The van der Waals surface area contributed by atoms with Gasteiger partial charge in [0.1, 0.15) is 24.0 Å². The SMILES string of the molecule is C#C[C@H](O)[C@@H](COP(=O)(N[C@@H](Cc1ccccc1)C(=O)OC(C)C)Oc1ccc(Cl)cc1)OC. The minimum absolute atomic E-state index is 0.157. The van der Waals surface area contributed by atoms with Crippen molar-refractivity contribution in [2.75, 3.05) is 13.7 Å². The number of benzene rings is 2. The van der Waals surface area contributed by atoms with E-state index in [4.69, 9.17) is 36.5 Å². The molecule has 0 aromatic heterocycles. The van der Waals surface area contributed by atoms with Crippen molar-refractivity contribution in [3.05, 3.63) is 65.2 Å². The molecule has 4 atom stereocenters. The molecule has 0 heterocycles. The third-order valence-electron chi connectivity index (χ3n) is 4.51. The fraction of sp³-hybridized carbons (Fsp3) is 0.375. The van der Waals surface area contributed by atoms with E-state index < -0.39 is 38.1 Å². The van der Waals surface area contributed by atoms with Gasteiger partial charge in [-0.05, 0) is 50.1 Å². The fourth-order valence-corrected chi connectivity index (χ4v) is 4.45. The van der Waals surface area contributed by atoms with E-state index in [2.05, 4.69) is 11.0 Å². The molecular weight excluding hydrogens is 481 g/mol. The maximum absolute atomic E-state index is 13.8.